The highest BCUT2D eigenvalue weighted by atomic mass is 16.2. The normalized spacial score (nSPS) is 18.5. The van der Waals surface area contributed by atoms with Crippen LogP contribution in [0.3, 0.4) is 0 Å². The second-order valence-corrected chi connectivity index (χ2v) is 6.23. The summed E-state index contributed by atoms with van der Waals surface area (Å²) in [6.45, 7) is 3.63. The van der Waals surface area contributed by atoms with Crippen molar-refractivity contribution in [1.82, 2.24) is 20.4 Å². The Kier molecular flexibility index (Phi) is 6.57. The number of amides is 2. The van der Waals surface area contributed by atoms with E-state index in [4.69, 9.17) is 0 Å². The molecule has 2 N–H and O–H groups in total. The summed E-state index contributed by atoms with van der Waals surface area (Å²) in [5.74, 6) is 0.369. The molecular formula is C16H28N4O. The van der Waals surface area contributed by atoms with E-state index in [0.29, 0.717) is 18.5 Å². The van der Waals surface area contributed by atoms with Gasteiger partial charge in [0, 0.05) is 31.5 Å². The highest BCUT2D eigenvalue weighted by Crippen LogP contribution is 2.16. The molecule has 0 bridgehead atoms. The standard InChI is InChI=1S/C16H28N4O/c1-14(13-20-11-7-10-18-20)12-17-16(21)19-15-8-5-3-2-4-6-9-15/h7,10-11,14-15H,2-6,8-9,12-13H2,1H3,(H2,17,19,21)/t14-/m0/s1. The van der Waals surface area contributed by atoms with Crippen LogP contribution in [-0.2, 0) is 6.54 Å². The van der Waals surface area contributed by atoms with Gasteiger partial charge in [-0.1, -0.05) is 39.0 Å². The molecule has 1 saturated carbocycles. The van der Waals surface area contributed by atoms with Gasteiger partial charge >= 0.3 is 6.03 Å². The van der Waals surface area contributed by atoms with Crippen molar-refractivity contribution in [2.24, 2.45) is 5.92 Å². The fourth-order valence-electron chi connectivity index (χ4n) is 2.90. The average Bonchev–Trinajstić information content (AvgIpc) is 2.92. The second kappa shape index (κ2) is 8.70. The molecule has 118 valence electrons. The minimum Gasteiger partial charge on any atom is -0.338 e. The molecule has 1 aliphatic carbocycles. The number of carbonyl (C=O) groups is 1. The van der Waals surface area contributed by atoms with Gasteiger partial charge in [0.15, 0.2) is 0 Å². The van der Waals surface area contributed by atoms with Crippen molar-refractivity contribution in [3.05, 3.63) is 18.5 Å². The number of rotatable bonds is 5. The van der Waals surface area contributed by atoms with Gasteiger partial charge in [-0.3, -0.25) is 4.68 Å². The first-order valence-electron chi connectivity index (χ1n) is 8.26. The monoisotopic (exact) mass is 292 g/mol. The predicted octanol–water partition coefficient (Wildman–Crippen LogP) is 2.93. The summed E-state index contributed by atoms with van der Waals surface area (Å²) in [5.41, 5.74) is 0. The summed E-state index contributed by atoms with van der Waals surface area (Å²) in [4.78, 5) is 12.0. The lowest BCUT2D eigenvalue weighted by Gasteiger charge is -2.22. The van der Waals surface area contributed by atoms with Crippen molar-refractivity contribution in [2.45, 2.75) is 64.5 Å². The number of nitrogens with one attached hydrogen (secondary N) is 2. The Labute approximate surface area is 127 Å². The van der Waals surface area contributed by atoms with E-state index in [1.165, 1.54) is 32.1 Å². The zero-order valence-corrected chi connectivity index (χ0v) is 13.1. The number of aromatic nitrogens is 2. The van der Waals surface area contributed by atoms with Crippen molar-refractivity contribution in [3.63, 3.8) is 0 Å². The second-order valence-electron chi connectivity index (χ2n) is 6.23. The quantitative estimate of drug-likeness (QED) is 0.876. The molecule has 1 heterocycles. The van der Waals surface area contributed by atoms with Gasteiger partial charge in [0.25, 0.3) is 0 Å². The minimum absolute atomic E-state index is 0.0205. The van der Waals surface area contributed by atoms with Crippen LogP contribution >= 0.6 is 0 Å². The van der Waals surface area contributed by atoms with Crippen LogP contribution in [-0.4, -0.2) is 28.4 Å². The summed E-state index contributed by atoms with van der Waals surface area (Å²) in [6, 6.07) is 2.25. The number of urea groups is 1. The molecular weight excluding hydrogens is 264 g/mol. The number of hydrogen-bond donors (Lipinski definition) is 2. The Morgan fingerprint density at radius 3 is 2.67 bits per heavy atom. The molecule has 1 fully saturated rings. The molecule has 1 atom stereocenters. The van der Waals surface area contributed by atoms with Crippen molar-refractivity contribution in [2.75, 3.05) is 6.54 Å². The summed E-state index contributed by atoms with van der Waals surface area (Å²) < 4.78 is 1.90. The number of hydrogen-bond acceptors (Lipinski definition) is 2. The number of carbonyl (C=O) groups excluding carboxylic acids is 1. The first-order chi connectivity index (χ1) is 10.2. The highest BCUT2D eigenvalue weighted by Gasteiger charge is 2.14. The zero-order chi connectivity index (χ0) is 14.9. The van der Waals surface area contributed by atoms with Gasteiger partial charge in [-0.25, -0.2) is 4.79 Å². The fourth-order valence-corrected chi connectivity index (χ4v) is 2.90. The fraction of sp³-hybridized carbons (Fsp3) is 0.750. The van der Waals surface area contributed by atoms with E-state index < -0.39 is 0 Å². The number of nitrogens with zero attached hydrogens (tertiary/aromatic N) is 2. The third-order valence-corrected chi connectivity index (χ3v) is 4.11. The molecule has 2 rings (SSSR count). The predicted molar refractivity (Wildman–Crippen MR) is 84.0 cm³/mol. The van der Waals surface area contributed by atoms with Gasteiger partial charge in [-0.2, -0.15) is 5.10 Å². The molecule has 0 spiro atoms. The molecule has 5 nitrogen and oxygen atoms in total. The highest BCUT2D eigenvalue weighted by molar-refractivity contribution is 5.74. The van der Waals surface area contributed by atoms with Gasteiger partial charge in [0.2, 0.25) is 0 Å². The van der Waals surface area contributed by atoms with Crippen molar-refractivity contribution < 1.29 is 4.79 Å². The maximum Gasteiger partial charge on any atom is 0.315 e. The van der Waals surface area contributed by atoms with E-state index >= 15 is 0 Å². The Hall–Kier alpha value is -1.52. The molecule has 2 amide bonds. The lowest BCUT2D eigenvalue weighted by molar-refractivity contribution is 0.231. The summed E-state index contributed by atoms with van der Waals surface area (Å²) >= 11 is 0. The molecule has 0 radical (unpaired) electrons. The average molecular weight is 292 g/mol. The first kappa shape index (κ1) is 15.9. The molecule has 0 saturated heterocycles. The SMILES string of the molecule is C[C@@H](CNC(=O)NC1CCCCCCC1)Cn1cccn1. The van der Waals surface area contributed by atoms with E-state index in [0.717, 1.165) is 19.4 Å². The Morgan fingerprint density at radius 2 is 2.00 bits per heavy atom. The van der Waals surface area contributed by atoms with Gasteiger partial charge in [0.1, 0.15) is 0 Å². The van der Waals surface area contributed by atoms with Gasteiger partial charge in [0.05, 0.1) is 0 Å². The Morgan fingerprint density at radius 1 is 1.29 bits per heavy atom. The minimum atomic E-state index is -0.0205. The summed E-state index contributed by atoms with van der Waals surface area (Å²) in [6.07, 6.45) is 12.4. The van der Waals surface area contributed by atoms with Crippen molar-refractivity contribution in [1.29, 1.82) is 0 Å². The van der Waals surface area contributed by atoms with E-state index in [9.17, 15) is 4.79 Å². The largest absolute Gasteiger partial charge is 0.338 e. The molecule has 21 heavy (non-hydrogen) atoms. The molecule has 5 heteroatoms. The van der Waals surface area contributed by atoms with Crippen LogP contribution in [0.4, 0.5) is 4.79 Å². The van der Waals surface area contributed by atoms with Gasteiger partial charge in [-0.05, 0) is 24.8 Å². The van der Waals surface area contributed by atoms with Crippen molar-refractivity contribution >= 4 is 6.03 Å². The Bertz CT molecular complexity index is 396. The molecule has 1 aromatic rings. The van der Waals surface area contributed by atoms with E-state index in [2.05, 4.69) is 22.7 Å². The Balaban J connectivity index is 1.64. The molecule has 0 unspecified atom stereocenters. The molecule has 0 aliphatic heterocycles. The third kappa shape index (κ3) is 6.19. The molecule has 0 aromatic carbocycles. The topological polar surface area (TPSA) is 59.0 Å². The maximum atomic E-state index is 12.0. The van der Waals surface area contributed by atoms with E-state index in [-0.39, 0.29) is 6.03 Å². The zero-order valence-electron chi connectivity index (χ0n) is 13.1. The van der Waals surface area contributed by atoms with Crippen LogP contribution in [0.5, 0.6) is 0 Å². The molecule has 1 aromatic heterocycles. The summed E-state index contributed by atoms with van der Waals surface area (Å²) in [7, 11) is 0. The van der Waals surface area contributed by atoms with Gasteiger partial charge < -0.3 is 10.6 Å². The van der Waals surface area contributed by atoms with Crippen LogP contribution in [0.25, 0.3) is 0 Å². The molecule has 1 aliphatic rings. The smallest absolute Gasteiger partial charge is 0.315 e. The summed E-state index contributed by atoms with van der Waals surface area (Å²) in [5, 5.41) is 10.3. The lowest BCUT2D eigenvalue weighted by Crippen LogP contribution is -2.44. The third-order valence-electron chi connectivity index (χ3n) is 4.11. The lowest BCUT2D eigenvalue weighted by atomic mass is 9.97. The van der Waals surface area contributed by atoms with Crippen LogP contribution in [0, 0.1) is 5.92 Å². The van der Waals surface area contributed by atoms with Crippen LogP contribution in [0.15, 0.2) is 18.5 Å². The van der Waals surface area contributed by atoms with Crippen LogP contribution in [0.2, 0.25) is 0 Å². The van der Waals surface area contributed by atoms with Crippen molar-refractivity contribution in [3.8, 4) is 0 Å². The maximum absolute atomic E-state index is 12.0. The van der Waals surface area contributed by atoms with Crippen LogP contribution < -0.4 is 10.6 Å². The first-order valence-corrected chi connectivity index (χ1v) is 8.26. The van der Waals surface area contributed by atoms with Crippen LogP contribution in [0.1, 0.15) is 51.9 Å². The van der Waals surface area contributed by atoms with Gasteiger partial charge in [-0.15, -0.1) is 0 Å². The van der Waals surface area contributed by atoms with E-state index in [1.54, 1.807) is 6.20 Å². The van der Waals surface area contributed by atoms with E-state index in [1.807, 2.05) is 16.9 Å².